The molecule has 0 radical (unpaired) electrons. The zero-order chi connectivity index (χ0) is 12.4. The minimum Gasteiger partial charge on any atom is -0.488 e. The van der Waals surface area contributed by atoms with Crippen molar-refractivity contribution in [3.8, 4) is 5.75 Å². The number of benzene rings is 1. The zero-order valence-corrected chi connectivity index (χ0v) is 12.1. The molecule has 3 heteroatoms. The van der Waals surface area contributed by atoms with Crippen LogP contribution in [0.1, 0.15) is 31.7 Å². The molecule has 1 aromatic rings. The Kier molecular flexibility index (Phi) is 4.10. The van der Waals surface area contributed by atoms with Crippen LogP contribution in [-0.4, -0.2) is 24.1 Å². The Morgan fingerprint density at radius 1 is 1.24 bits per heavy atom. The molecule has 94 valence electrons. The van der Waals surface area contributed by atoms with Gasteiger partial charge in [-0.15, -0.1) is 0 Å². The van der Waals surface area contributed by atoms with Gasteiger partial charge in [-0.3, -0.25) is 0 Å². The summed E-state index contributed by atoms with van der Waals surface area (Å²) >= 11 is 3.57. The highest BCUT2D eigenvalue weighted by atomic mass is 79.9. The second-order valence-corrected chi connectivity index (χ2v) is 6.01. The summed E-state index contributed by atoms with van der Waals surface area (Å²) in [5.41, 5.74) is 1.34. The van der Waals surface area contributed by atoms with E-state index in [-0.39, 0.29) is 12.2 Å². The number of alkyl halides is 1. The van der Waals surface area contributed by atoms with Crippen LogP contribution in [0.2, 0.25) is 0 Å². The maximum atomic E-state index is 5.90. The lowest BCUT2D eigenvalue weighted by atomic mass is 9.91. The highest BCUT2D eigenvalue weighted by Crippen LogP contribution is 2.34. The van der Waals surface area contributed by atoms with E-state index in [1.54, 1.807) is 7.11 Å². The number of methoxy groups -OCH3 is 1. The molecule has 3 atom stereocenters. The van der Waals surface area contributed by atoms with Gasteiger partial charge < -0.3 is 9.47 Å². The van der Waals surface area contributed by atoms with Gasteiger partial charge in [-0.2, -0.15) is 0 Å². The van der Waals surface area contributed by atoms with Gasteiger partial charge in [0.05, 0.1) is 0 Å². The van der Waals surface area contributed by atoms with Crippen LogP contribution in [-0.2, 0) is 4.74 Å². The first kappa shape index (κ1) is 12.9. The Morgan fingerprint density at radius 3 is 2.35 bits per heavy atom. The highest BCUT2D eigenvalue weighted by molar-refractivity contribution is 9.09. The van der Waals surface area contributed by atoms with Gasteiger partial charge in [-0.1, -0.05) is 41.9 Å². The number of halogens is 1. The average molecular weight is 299 g/mol. The van der Waals surface area contributed by atoms with E-state index in [9.17, 15) is 0 Å². The Hall–Kier alpha value is -0.540. The third-order valence-electron chi connectivity index (χ3n) is 3.29. The van der Waals surface area contributed by atoms with E-state index < -0.39 is 0 Å². The highest BCUT2D eigenvalue weighted by Gasteiger charge is 2.41. The van der Waals surface area contributed by atoms with Gasteiger partial charge in [0.25, 0.3) is 0 Å². The van der Waals surface area contributed by atoms with Crippen molar-refractivity contribution in [2.75, 3.05) is 7.11 Å². The Balaban J connectivity index is 1.95. The molecule has 1 fully saturated rings. The summed E-state index contributed by atoms with van der Waals surface area (Å²) in [5.74, 6) is 1.49. The fourth-order valence-electron chi connectivity index (χ4n) is 2.05. The van der Waals surface area contributed by atoms with Crippen LogP contribution >= 0.6 is 15.9 Å². The fraction of sp³-hybridized carbons (Fsp3) is 0.571. The van der Waals surface area contributed by atoms with Crippen LogP contribution in [0.25, 0.3) is 0 Å². The van der Waals surface area contributed by atoms with Crippen LogP contribution in [0.3, 0.4) is 0 Å². The van der Waals surface area contributed by atoms with Crippen molar-refractivity contribution in [2.45, 2.75) is 43.2 Å². The molecular weight excluding hydrogens is 280 g/mol. The molecule has 17 heavy (non-hydrogen) atoms. The molecule has 1 saturated carbocycles. The summed E-state index contributed by atoms with van der Waals surface area (Å²) in [6, 6.07) is 8.35. The summed E-state index contributed by atoms with van der Waals surface area (Å²) in [6.45, 7) is 4.39. The molecule has 0 heterocycles. The lowest BCUT2D eigenvalue weighted by molar-refractivity contribution is -0.0544. The van der Waals surface area contributed by atoms with Gasteiger partial charge in [0.2, 0.25) is 0 Å². The number of rotatable bonds is 4. The maximum absolute atomic E-state index is 5.90. The summed E-state index contributed by atoms with van der Waals surface area (Å²) in [7, 11) is 1.73. The van der Waals surface area contributed by atoms with Crippen molar-refractivity contribution in [3.05, 3.63) is 29.8 Å². The molecule has 0 saturated heterocycles. The van der Waals surface area contributed by atoms with Gasteiger partial charge in [0, 0.05) is 18.4 Å². The average Bonchev–Trinajstić information content (AvgIpc) is 2.29. The molecule has 0 aliphatic heterocycles. The van der Waals surface area contributed by atoms with Crippen molar-refractivity contribution >= 4 is 15.9 Å². The smallest absolute Gasteiger partial charge is 0.127 e. The van der Waals surface area contributed by atoms with E-state index >= 15 is 0 Å². The predicted molar refractivity (Wildman–Crippen MR) is 73.1 cm³/mol. The number of hydrogen-bond acceptors (Lipinski definition) is 2. The fourth-order valence-corrected chi connectivity index (χ4v) is 2.97. The van der Waals surface area contributed by atoms with E-state index in [1.165, 1.54) is 5.56 Å². The Labute approximate surface area is 111 Å². The lowest BCUT2D eigenvalue weighted by Crippen LogP contribution is -2.51. The Bertz CT molecular complexity index is 361. The van der Waals surface area contributed by atoms with E-state index in [2.05, 4.69) is 41.9 Å². The standard InChI is InChI=1S/C14H19BrO2/c1-9(2)10-4-6-11(7-5-10)17-13-8-12(15)14(13)16-3/h4-7,9,12-14H,8H2,1-3H3. The molecule has 1 aromatic carbocycles. The first-order chi connectivity index (χ1) is 8.11. The molecule has 0 spiro atoms. The van der Waals surface area contributed by atoms with E-state index in [4.69, 9.17) is 9.47 Å². The quantitative estimate of drug-likeness (QED) is 0.789. The minimum absolute atomic E-state index is 0.166. The molecule has 1 aliphatic carbocycles. The second-order valence-electron chi connectivity index (χ2n) is 4.83. The molecule has 0 aromatic heterocycles. The summed E-state index contributed by atoms with van der Waals surface area (Å²) < 4.78 is 11.3. The van der Waals surface area contributed by atoms with Crippen LogP contribution in [0.15, 0.2) is 24.3 Å². The summed E-state index contributed by atoms with van der Waals surface area (Å²) in [5, 5.41) is 0. The first-order valence-corrected chi connectivity index (χ1v) is 6.97. The first-order valence-electron chi connectivity index (χ1n) is 6.05. The molecule has 0 bridgehead atoms. The lowest BCUT2D eigenvalue weighted by Gasteiger charge is -2.40. The summed E-state index contributed by atoms with van der Waals surface area (Å²) in [4.78, 5) is 0.424. The molecular formula is C14H19BrO2. The maximum Gasteiger partial charge on any atom is 0.127 e. The van der Waals surface area contributed by atoms with Crippen molar-refractivity contribution in [3.63, 3.8) is 0 Å². The van der Waals surface area contributed by atoms with Crippen LogP contribution < -0.4 is 4.74 Å². The van der Waals surface area contributed by atoms with Gasteiger partial charge in [0.1, 0.15) is 18.0 Å². The SMILES string of the molecule is COC1C(Br)CC1Oc1ccc(C(C)C)cc1. The largest absolute Gasteiger partial charge is 0.488 e. The predicted octanol–water partition coefficient (Wildman–Crippen LogP) is 3.74. The molecule has 3 unspecified atom stereocenters. The minimum atomic E-state index is 0.166. The van der Waals surface area contributed by atoms with Gasteiger partial charge in [-0.05, 0) is 23.6 Å². The van der Waals surface area contributed by atoms with Gasteiger partial charge in [-0.25, -0.2) is 0 Å². The number of ether oxygens (including phenoxy) is 2. The Morgan fingerprint density at radius 2 is 1.88 bits per heavy atom. The van der Waals surface area contributed by atoms with E-state index in [0.717, 1.165) is 12.2 Å². The molecule has 1 aliphatic rings. The normalized spacial score (nSPS) is 27.9. The number of hydrogen-bond donors (Lipinski definition) is 0. The van der Waals surface area contributed by atoms with Crippen molar-refractivity contribution < 1.29 is 9.47 Å². The van der Waals surface area contributed by atoms with Crippen LogP contribution in [0.5, 0.6) is 5.75 Å². The molecule has 0 N–H and O–H groups in total. The monoisotopic (exact) mass is 298 g/mol. The van der Waals surface area contributed by atoms with Gasteiger partial charge >= 0.3 is 0 Å². The van der Waals surface area contributed by atoms with Crippen molar-refractivity contribution in [1.29, 1.82) is 0 Å². The topological polar surface area (TPSA) is 18.5 Å². The van der Waals surface area contributed by atoms with Crippen molar-refractivity contribution in [2.24, 2.45) is 0 Å². The second kappa shape index (κ2) is 5.40. The van der Waals surface area contributed by atoms with E-state index in [1.807, 2.05) is 12.1 Å². The molecule has 2 rings (SSSR count). The summed E-state index contributed by atoms with van der Waals surface area (Å²) in [6.07, 6.45) is 1.35. The van der Waals surface area contributed by atoms with Crippen LogP contribution in [0, 0.1) is 0 Å². The van der Waals surface area contributed by atoms with E-state index in [0.29, 0.717) is 10.7 Å². The van der Waals surface area contributed by atoms with Gasteiger partial charge in [0.15, 0.2) is 0 Å². The molecule has 0 amide bonds. The van der Waals surface area contributed by atoms with Crippen LogP contribution in [0.4, 0.5) is 0 Å². The third kappa shape index (κ3) is 2.83. The zero-order valence-electron chi connectivity index (χ0n) is 10.5. The third-order valence-corrected chi connectivity index (χ3v) is 4.18. The van der Waals surface area contributed by atoms with Crippen molar-refractivity contribution in [1.82, 2.24) is 0 Å². The molecule has 2 nitrogen and oxygen atoms in total.